The highest BCUT2D eigenvalue weighted by Crippen LogP contribution is 1.98. The molecule has 2 aromatic heterocycles. The van der Waals surface area contributed by atoms with Crippen molar-refractivity contribution in [2.75, 3.05) is 0 Å². The van der Waals surface area contributed by atoms with E-state index in [2.05, 4.69) is 52.9 Å². The molecular formula is C15H24IN3. The van der Waals surface area contributed by atoms with Gasteiger partial charge in [-0.1, -0.05) is 19.8 Å². The van der Waals surface area contributed by atoms with Crippen molar-refractivity contribution in [3.05, 3.63) is 48.8 Å². The predicted molar refractivity (Wildman–Crippen MR) is 74.1 cm³/mol. The van der Waals surface area contributed by atoms with Crippen molar-refractivity contribution in [2.45, 2.75) is 46.1 Å². The molecule has 0 radical (unpaired) electrons. The number of H-pyrrole nitrogens is 1. The van der Waals surface area contributed by atoms with Crippen LogP contribution in [0.4, 0.5) is 0 Å². The van der Waals surface area contributed by atoms with E-state index in [1.807, 2.05) is 0 Å². The Bertz CT molecular complexity index is 384. The summed E-state index contributed by atoms with van der Waals surface area (Å²) in [6.45, 7) is 5.56. The second-order valence-corrected chi connectivity index (χ2v) is 4.44. The van der Waals surface area contributed by atoms with Gasteiger partial charge < -0.3 is 29.0 Å². The number of unbranched alkanes of at least 4 members (excludes halogenated alkanes) is 3. The molecule has 0 aliphatic rings. The highest BCUT2D eigenvalue weighted by molar-refractivity contribution is 5.01. The average Bonchev–Trinajstić information content (AvgIpc) is 2.94. The molecule has 0 bridgehead atoms. The van der Waals surface area contributed by atoms with Gasteiger partial charge >= 0.3 is 0 Å². The third kappa shape index (κ3) is 9.64. The summed E-state index contributed by atoms with van der Waals surface area (Å²) in [6.07, 6.45) is 14.8. The zero-order valence-corrected chi connectivity index (χ0v) is 14.0. The Morgan fingerprint density at radius 1 is 1.26 bits per heavy atom. The molecule has 0 amide bonds. The predicted octanol–water partition coefficient (Wildman–Crippen LogP) is 0.277. The number of pyridine rings is 1. The molecule has 2 aromatic rings. The first kappa shape index (κ1) is 18.1. The topological polar surface area (TPSA) is 32.6 Å². The normalized spacial score (nSPS) is 9.16. The molecule has 0 aliphatic heterocycles. The Morgan fingerprint density at radius 3 is 2.63 bits per heavy atom. The summed E-state index contributed by atoms with van der Waals surface area (Å²) in [4.78, 5) is 6.42. The number of halogens is 1. The third-order valence-electron chi connectivity index (χ3n) is 2.68. The lowest BCUT2D eigenvalue weighted by molar-refractivity contribution is -0.697. The minimum absolute atomic E-state index is 0. The van der Waals surface area contributed by atoms with E-state index in [9.17, 15) is 0 Å². The molecule has 0 unspecified atom stereocenters. The number of nitrogens with zero attached hydrogens (tertiary/aromatic N) is 2. The van der Waals surface area contributed by atoms with Gasteiger partial charge in [0.05, 0.1) is 6.33 Å². The number of imidazole rings is 1. The van der Waals surface area contributed by atoms with E-state index in [4.69, 9.17) is 0 Å². The van der Waals surface area contributed by atoms with E-state index < -0.39 is 0 Å². The Labute approximate surface area is 133 Å². The first-order chi connectivity index (χ1) is 8.83. The average molecular weight is 373 g/mol. The molecule has 1 N–H and O–H groups in total. The van der Waals surface area contributed by atoms with Crippen molar-refractivity contribution in [3.8, 4) is 0 Å². The van der Waals surface area contributed by atoms with Crippen molar-refractivity contribution in [1.82, 2.24) is 9.97 Å². The van der Waals surface area contributed by atoms with Crippen molar-refractivity contribution in [3.63, 3.8) is 0 Å². The molecule has 2 heterocycles. The van der Waals surface area contributed by atoms with Gasteiger partial charge in [-0.15, -0.1) is 0 Å². The van der Waals surface area contributed by atoms with Gasteiger partial charge in [-0.25, -0.2) is 9.55 Å². The van der Waals surface area contributed by atoms with Gasteiger partial charge in [0.15, 0.2) is 12.4 Å². The number of nitrogens with one attached hydrogen (secondary N) is 1. The Hall–Kier alpha value is -0.910. The van der Waals surface area contributed by atoms with Crippen LogP contribution < -0.4 is 28.5 Å². The van der Waals surface area contributed by atoms with Crippen LogP contribution in [0.2, 0.25) is 0 Å². The van der Waals surface area contributed by atoms with Crippen LogP contribution in [0.25, 0.3) is 0 Å². The molecule has 3 nitrogen and oxygen atoms in total. The van der Waals surface area contributed by atoms with Crippen LogP contribution in [0.3, 0.4) is 0 Å². The number of aryl methyl sites for hydroxylation is 2. The standard InChI is InChI=1S/C12H20N.C3H4N2.HI/c1-3-4-5-6-9-13-10-7-8-12(2)11-13;1-2-5-3-4-1;/h7-8,10-11H,3-6,9H2,1-2H3;1-3H,(H,4,5);1H/q+1;;/p-1. The number of rotatable bonds is 5. The van der Waals surface area contributed by atoms with Crippen LogP contribution in [0.5, 0.6) is 0 Å². The quantitative estimate of drug-likeness (QED) is 0.456. The highest BCUT2D eigenvalue weighted by Gasteiger charge is 1.98. The van der Waals surface area contributed by atoms with E-state index >= 15 is 0 Å². The number of hydrogen-bond acceptors (Lipinski definition) is 1. The van der Waals surface area contributed by atoms with Gasteiger partial charge in [0.25, 0.3) is 0 Å². The summed E-state index contributed by atoms with van der Waals surface area (Å²) in [5, 5.41) is 0. The first-order valence-electron chi connectivity index (χ1n) is 6.71. The van der Waals surface area contributed by atoms with Gasteiger partial charge in [0.2, 0.25) is 0 Å². The molecule has 2 rings (SSSR count). The lowest BCUT2D eigenvalue weighted by Crippen LogP contribution is -3.00. The van der Waals surface area contributed by atoms with Crippen LogP contribution in [0.1, 0.15) is 38.2 Å². The molecule has 19 heavy (non-hydrogen) atoms. The molecule has 0 saturated carbocycles. The van der Waals surface area contributed by atoms with E-state index in [1.165, 1.54) is 37.8 Å². The molecule has 0 aliphatic carbocycles. The van der Waals surface area contributed by atoms with Crippen molar-refractivity contribution < 1.29 is 28.5 Å². The van der Waals surface area contributed by atoms with Gasteiger partial charge in [-0.05, 0) is 19.4 Å². The lowest BCUT2D eigenvalue weighted by Gasteiger charge is -1.97. The maximum atomic E-state index is 3.67. The summed E-state index contributed by atoms with van der Waals surface area (Å²) in [6, 6.07) is 4.26. The summed E-state index contributed by atoms with van der Waals surface area (Å²) < 4.78 is 2.28. The molecule has 0 saturated heterocycles. The second-order valence-electron chi connectivity index (χ2n) is 4.44. The van der Waals surface area contributed by atoms with Gasteiger partial charge in [-0.3, -0.25) is 0 Å². The Kier molecular flexibility index (Phi) is 11.6. The Balaban J connectivity index is 0.000000454. The molecule has 0 fully saturated rings. The molecular weight excluding hydrogens is 349 g/mol. The fraction of sp³-hybridized carbons (Fsp3) is 0.467. The molecule has 106 valence electrons. The van der Waals surface area contributed by atoms with Crippen molar-refractivity contribution >= 4 is 0 Å². The van der Waals surface area contributed by atoms with Gasteiger partial charge in [-0.2, -0.15) is 0 Å². The fourth-order valence-corrected chi connectivity index (χ4v) is 1.73. The fourth-order valence-electron chi connectivity index (χ4n) is 1.73. The molecule has 0 atom stereocenters. The van der Waals surface area contributed by atoms with Crippen LogP contribution in [0.15, 0.2) is 43.2 Å². The van der Waals surface area contributed by atoms with Gasteiger partial charge in [0.1, 0.15) is 6.54 Å². The van der Waals surface area contributed by atoms with Crippen molar-refractivity contribution in [2.24, 2.45) is 0 Å². The van der Waals surface area contributed by atoms with Crippen LogP contribution in [0, 0.1) is 6.92 Å². The Morgan fingerprint density at radius 2 is 2.11 bits per heavy atom. The van der Waals surface area contributed by atoms with E-state index in [1.54, 1.807) is 18.7 Å². The molecule has 4 heteroatoms. The van der Waals surface area contributed by atoms with Crippen LogP contribution in [-0.2, 0) is 6.54 Å². The van der Waals surface area contributed by atoms with Gasteiger partial charge in [0, 0.05) is 30.4 Å². The first-order valence-corrected chi connectivity index (χ1v) is 6.71. The van der Waals surface area contributed by atoms with E-state index in [-0.39, 0.29) is 24.0 Å². The number of aromatic amines is 1. The third-order valence-corrected chi connectivity index (χ3v) is 2.68. The zero-order chi connectivity index (χ0) is 13.1. The SMILES string of the molecule is CCCCCC[n+]1cccc(C)c1.[I-].c1c[nH]cn1. The zero-order valence-electron chi connectivity index (χ0n) is 11.8. The maximum Gasteiger partial charge on any atom is 0.171 e. The van der Waals surface area contributed by atoms with Crippen molar-refractivity contribution in [1.29, 1.82) is 0 Å². The highest BCUT2D eigenvalue weighted by atomic mass is 127. The maximum absolute atomic E-state index is 3.67. The largest absolute Gasteiger partial charge is 1.00 e. The summed E-state index contributed by atoms with van der Waals surface area (Å²) >= 11 is 0. The summed E-state index contributed by atoms with van der Waals surface area (Å²) in [5.41, 5.74) is 1.35. The molecule has 0 spiro atoms. The minimum atomic E-state index is 0. The monoisotopic (exact) mass is 373 g/mol. The number of hydrogen-bond donors (Lipinski definition) is 1. The second kappa shape index (κ2) is 12.1. The van der Waals surface area contributed by atoms with Crippen LogP contribution in [-0.4, -0.2) is 9.97 Å². The summed E-state index contributed by atoms with van der Waals surface area (Å²) in [7, 11) is 0. The smallest absolute Gasteiger partial charge is 0.171 e. The lowest BCUT2D eigenvalue weighted by atomic mass is 10.2. The minimum Gasteiger partial charge on any atom is -1.00 e. The number of aromatic nitrogens is 3. The molecule has 0 aromatic carbocycles. The van der Waals surface area contributed by atoms with E-state index in [0.717, 1.165) is 0 Å². The van der Waals surface area contributed by atoms with E-state index in [0.29, 0.717) is 0 Å². The van der Waals surface area contributed by atoms with Crippen LogP contribution >= 0.6 is 0 Å². The summed E-state index contributed by atoms with van der Waals surface area (Å²) in [5.74, 6) is 0.